The van der Waals surface area contributed by atoms with Crippen molar-refractivity contribution >= 4 is 21.7 Å². The molecule has 0 aliphatic heterocycles. The van der Waals surface area contributed by atoms with E-state index in [2.05, 4.69) is 26.1 Å². The Labute approximate surface area is 202 Å². The minimum absolute atomic E-state index is 0.159. The Morgan fingerprint density at radius 1 is 1.06 bits per heavy atom. The van der Waals surface area contributed by atoms with Crippen LogP contribution in [0.4, 0.5) is 5.82 Å². The number of amides is 1. The second-order valence-corrected chi connectivity index (χ2v) is 11.7. The van der Waals surface area contributed by atoms with E-state index in [9.17, 15) is 13.2 Å². The van der Waals surface area contributed by atoms with Gasteiger partial charge in [-0.2, -0.15) is 9.40 Å². The average molecular weight is 483 g/mol. The maximum absolute atomic E-state index is 13.2. The van der Waals surface area contributed by atoms with Crippen LogP contribution < -0.4 is 5.32 Å². The van der Waals surface area contributed by atoms with Gasteiger partial charge in [-0.15, -0.1) is 0 Å². The molecule has 0 aliphatic rings. The topological polar surface area (TPSA) is 84.3 Å². The van der Waals surface area contributed by atoms with Crippen LogP contribution in [0.15, 0.2) is 59.5 Å². The molecule has 182 valence electrons. The lowest BCUT2D eigenvalue weighted by atomic mass is 9.92. The molecule has 0 saturated heterocycles. The molecule has 34 heavy (non-hydrogen) atoms. The van der Waals surface area contributed by atoms with Gasteiger partial charge in [0.1, 0.15) is 5.82 Å². The van der Waals surface area contributed by atoms with Crippen molar-refractivity contribution in [2.45, 2.75) is 64.8 Å². The van der Waals surface area contributed by atoms with Crippen LogP contribution in [0, 0.1) is 13.8 Å². The monoisotopic (exact) mass is 482 g/mol. The molecule has 1 amide bonds. The van der Waals surface area contributed by atoms with Crippen LogP contribution >= 0.6 is 0 Å². The number of rotatable bonds is 7. The van der Waals surface area contributed by atoms with Crippen molar-refractivity contribution in [1.82, 2.24) is 14.1 Å². The van der Waals surface area contributed by atoms with Crippen molar-refractivity contribution < 1.29 is 13.2 Å². The molecule has 2 aromatic carbocycles. The summed E-state index contributed by atoms with van der Waals surface area (Å²) in [5, 5.41) is 7.70. The van der Waals surface area contributed by atoms with Crippen LogP contribution in [0.5, 0.6) is 0 Å². The van der Waals surface area contributed by atoms with Crippen LogP contribution in [0.2, 0.25) is 0 Å². The quantitative estimate of drug-likeness (QED) is 0.523. The molecule has 1 heterocycles. The summed E-state index contributed by atoms with van der Waals surface area (Å²) in [5.41, 5.74) is 3.62. The van der Waals surface area contributed by atoms with Gasteiger partial charge >= 0.3 is 0 Å². The van der Waals surface area contributed by atoms with E-state index >= 15 is 0 Å². The SMILES string of the molecule is Cc1cccc(-n2nc(C(C)(C)C)cc2NC(=O)CN(C(C)C)S(=O)(=O)c2ccccc2)c1C. The fraction of sp³-hybridized carbons (Fsp3) is 0.385. The van der Waals surface area contributed by atoms with Crippen LogP contribution in [0.3, 0.4) is 0 Å². The van der Waals surface area contributed by atoms with Crippen LogP contribution in [0.25, 0.3) is 5.69 Å². The highest BCUT2D eigenvalue weighted by Gasteiger charge is 2.30. The van der Waals surface area contributed by atoms with Gasteiger partial charge in [-0.05, 0) is 57.0 Å². The van der Waals surface area contributed by atoms with E-state index in [1.54, 1.807) is 36.7 Å². The second-order valence-electron chi connectivity index (χ2n) is 9.80. The van der Waals surface area contributed by atoms with E-state index in [0.29, 0.717) is 5.82 Å². The van der Waals surface area contributed by atoms with Gasteiger partial charge < -0.3 is 5.32 Å². The van der Waals surface area contributed by atoms with Gasteiger partial charge in [0.05, 0.1) is 22.8 Å². The zero-order valence-electron chi connectivity index (χ0n) is 21.0. The summed E-state index contributed by atoms with van der Waals surface area (Å²) < 4.78 is 29.3. The number of anilines is 1. The number of sulfonamides is 1. The van der Waals surface area contributed by atoms with Crippen LogP contribution in [-0.2, 0) is 20.2 Å². The molecule has 8 heteroatoms. The highest BCUT2D eigenvalue weighted by atomic mass is 32.2. The Hall–Kier alpha value is -2.97. The summed E-state index contributed by atoms with van der Waals surface area (Å²) in [6.07, 6.45) is 0. The predicted molar refractivity (Wildman–Crippen MR) is 136 cm³/mol. The molecule has 3 aromatic rings. The van der Waals surface area contributed by atoms with Gasteiger partial charge in [0.2, 0.25) is 15.9 Å². The Morgan fingerprint density at radius 3 is 2.29 bits per heavy atom. The number of aryl methyl sites for hydroxylation is 1. The Balaban J connectivity index is 1.96. The summed E-state index contributed by atoms with van der Waals surface area (Å²) in [6.45, 7) is 13.4. The van der Waals surface area contributed by atoms with E-state index in [4.69, 9.17) is 5.10 Å². The van der Waals surface area contributed by atoms with Gasteiger partial charge in [0, 0.05) is 17.5 Å². The molecule has 0 radical (unpaired) electrons. The Morgan fingerprint density at radius 2 is 1.71 bits per heavy atom. The van der Waals surface area contributed by atoms with Gasteiger partial charge in [-0.1, -0.05) is 51.1 Å². The molecule has 3 rings (SSSR count). The number of carbonyl (C=O) groups excluding carboxylic acids is 1. The summed E-state index contributed by atoms with van der Waals surface area (Å²) in [4.78, 5) is 13.3. The van der Waals surface area contributed by atoms with E-state index in [0.717, 1.165) is 22.5 Å². The van der Waals surface area contributed by atoms with Crippen molar-refractivity contribution in [3.8, 4) is 5.69 Å². The number of aromatic nitrogens is 2. The lowest BCUT2D eigenvalue weighted by molar-refractivity contribution is -0.116. The first-order chi connectivity index (χ1) is 15.8. The molecule has 7 nitrogen and oxygen atoms in total. The van der Waals surface area contributed by atoms with Gasteiger partial charge in [0.25, 0.3) is 0 Å². The molecule has 0 bridgehead atoms. The van der Waals surface area contributed by atoms with E-state index < -0.39 is 22.0 Å². The summed E-state index contributed by atoms with van der Waals surface area (Å²) in [7, 11) is -3.83. The first-order valence-electron chi connectivity index (χ1n) is 11.4. The van der Waals surface area contributed by atoms with Crippen LogP contribution in [-0.4, -0.2) is 41.0 Å². The zero-order chi connectivity index (χ0) is 25.3. The molecular formula is C26H34N4O3S. The van der Waals surface area contributed by atoms with Crippen molar-refractivity contribution in [2.24, 2.45) is 0 Å². The lowest BCUT2D eigenvalue weighted by Gasteiger charge is -2.25. The summed E-state index contributed by atoms with van der Waals surface area (Å²) in [6, 6.07) is 15.6. The number of benzene rings is 2. The van der Waals surface area contributed by atoms with E-state index in [1.807, 2.05) is 38.1 Å². The first-order valence-corrected chi connectivity index (χ1v) is 12.8. The summed E-state index contributed by atoms with van der Waals surface area (Å²) >= 11 is 0. The Bertz CT molecular complexity index is 1270. The fourth-order valence-electron chi connectivity index (χ4n) is 3.58. The smallest absolute Gasteiger partial charge is 0.243 e. The maximum atomic E-state index is 13.2. The average Bonchev–Trinajstić information content (AvgIpc) is 3.18. The van der Waals surface area contributed by atoms with E-state index in [1.165, 1.54) is 16.4 Å². The Kier molecular flexibility index (Phi) is 7.33. The molecular weight excluding hydrogens is 448 g/mol. The third-order valence-corrected chi connectivity index (χ3v) is 7.81. The van der Waals surface area contributed by atoms with Gasteiger partial charge in [-0.25, -0.2) is 13.1 Å². The molecule has 0 saturated carbocycles. The molecule has 0 fully saturated rings. The third-order valence-electron chi connectivity index (χ3n) is 5.77. The first kappa shape index (κ1) is 25.6. The van der Waals surface area contributed by atoms with Crippen molar-refractivity contribution in [2.75, 3.05) is 11.9 Å². The second kappa shape index (κ2) is 9.72. The molecule has 1 N–H and O–H groups in total. The number of nitrogens with one attached hydrogen (secondary N) is 1. The highest BCUT2D eigenvalue weighted by molar-refractivity contribution is 7.89. The van der Waals surface area contributed by atoms with E-state index in [-0.39, 0.29) is 16.9 Å². The maximum Gasteiger partial charge on any atom is 0.243 e. The molecule has 0 atom stereocenters. The largest absolute Gasteiger partial charge is 0.309 e. The van der Waals surface area contributed by atoms with Crippen molar-refractivity contribution in [1.29, 1.82) is 0 Å². The fourth-order valence-corrected chi connectivity index (χ4v) is 5.20. The molecule has 0 aliphatic carbocycles. The van der Waals surface area contributed by atoms with Gasteiger partial charge in [0.15, 0.2) is 0 Å². The van der Waals surface area contributed by atoms with Crippen molar-refractivity contribution in [3.05, 3.63) is 71.4 Å². The molecule has 0 spiro atoms. The standard InChI is InChI=1S/C26H34N4O3S/c1-18(2)29(34(32,33)21-13-9-8-10-14-21)17-25(31)27-24-16-23(26(5,6)7)28-30(24)22-15-11-12-19(3)20(22)4/h8-16,18H,17H2,1-7H3,(H,27,31). The number of hydrogen-bond donors (Lipinski definition) is 1. The molecule has 0 unspecified atom stereocenters. The third kappa shape index (κ3) is 5.39. The normalized spacial score (nSPS) is 12.4. The van der Waals surface area contributed by atoms with Gasteiger partial charge in [-0.3, -0.25) is 4.79 Å². The predicted octanol–water partition coefficient (Wildman–Crippen LogP) is 4.82. The van der Waals surface area contributed by atoms with Crippen molar-refractivity contribution in [3.63, 3.8) is 0 Å². The number of carbonyl (C=O) groups is 1. The highest BCUT2D eigenvalue weighted by Crippen LogP contribution is 2.28. The minimum atomic E-state index is -3.83. The zero-order valence-corrected chi connectivity index (χ0v) is 21.8. The number of hydrogen-bond acceptors (Lipinski definition) is 4. The van der Waals surface area contributed by atoms with Crippen LogP contribution in [0.1, 0.15) is 51.4 Å². The minimum Gasteiger partial charge on any atom is -0.309 e. The molecule has 1 aromatic heterocycles. The lowest BCUT2D eigenvalue weighted by Crippen LogP contribution is -2.42. The number of nitrogens with zero attached hydrogens (tertiary/aromatic N) is 3. The summed E-state index contributed by atoms with van der Waals surface area (Å²) in [5.74, 6) is 0.0737.